The quantitative estimate of drug-likeness (QED) is 0.645. The summed E-state index contributed by atoms with van der Waals surface area (Å²) >= 11 is 0. The predicted molar refractivity (Wildman–Crippen MR) is 88.7 cm³/mol. The Hall–Kier alpha value is -3.15. The lowest BCUT2D eigenvalue weighted by atomic mass is 10.1. The Bertz CT molecular complexity index is 909. The summed E-state index contributed by atoms with van der Waals surface area (Å²) in [5.74, 6) is -0.191. The van der Waals surface area contributed by atoms with Crippen molar-refractivity contribution in [2.24, 2.45) is 0 Å². The maximum Gasteiger partial charge on any atom is 0.323 e. The van der Waals surface area contributed by atoms with E-state index in [0.29, 0.717) is 0 Å². The Balaban J connectivity index is 1.69. The number of imidazole rings is 1. The zero-order valence-electron chi connectivity index (χ0n) is 12.5. The molecule has 2 aromatic heterocycles. The first-order valence-electron chi connectivity index (χ1n) is 7.22. The van der Waals surface area contributed by atoms with Gasteiger partial charge in [-0.25, -0.2) is 4.79 Å². The minimum atomic E-state index is -0.242. The third kappa shape index (κ3) is 3.55. The van der Waals surface area contributed by atoms with Crippen molar-refractivity contribution in [3.05, 3.63) is 70.4 Å². The van der Waals surface area contributed by atoms with E-state index in [2.05, 4.69) is 20.3 Å². The second-order valence-corrected chi connectivity index (χ2v) is 5.23. The van der Waals surface area contributed by atoms with Gasteiger partial charge in [0, 0.05) is 18.5 Å². The average Bonchev–Trinajstić information content (AvgIpc) is 2.93. The van der Waals surface area contributed by atoms with Gasteiger partial charge in [-0.15, -0.1) is 0 Å². The molecule has 0 saturated heterocycles. The van der Waals surface area contributed by atoms with Crippen LogP contribution in [-0.2, 0) is 4.79 Å². The molecule has 3 rings (SSSR count). The predicted octanol–water partition coefficient (Wildman–Crippen LogP) is 2.14. The molecule has 1 aromatic carbocycles. The van der Waals surface area contributed by atoms with Gasteiger partial charge >= 0.3 is 5.69 Å². The maximum atomic E-state index is 12.0. The topological polar surface area (TPSA) is 90.6 Å². The standard InChI is InChI=1S/C17H16N4O2/c1-11(13-5-6-14-15(9-13)21-17(23)20-14)19-16(22)7-4-12-3-2-8-18-10-12/h2-11H,1H3,(H,19,22)(H2,20,21,23)/b7-4+/t11-/m0/s1. The fraction of sp³-hybridized carbons (Fsp3) is 0.118. The molecule has 1 atom stereocenters. The molecule has 116 valence electrons. The van der Waals surface area contributed by atoms with Crippen molar-refractivity contribution in [2.75, 3.05) is 0 Å². The van der Waals surface area contributed by atoms with Crippen LogP contribution in [0.3, 0.4) is 0 Å². The van der Waals surface area contributed by atoms with E-state index in [-0.39, 0.29) is 17.6 Å². The summed E-state index contributed by atoms with van der Waals surface area (Å²) in [5, 5.41) is 2.89. The number of hydrogen-bond acceptors (Lipinski definition) is 3. The molecule has 0 bridgehead atoms. The molecular formula is C17H16N4O2. The van der Waals surface area contributed by atoms with Gasteiger partial charge in [0.25, 0.3) is 0 Å². The van der Waals surface area contributed by atoms with Crippen molar-refractivity contribution in [1.29, 1.82) is 0 Å². The van der Waals surface area contributed by atoms with Gasteiger partial charge < -0.3 is 15.3 Å². The number of nitrogens with one attached hydrogen (secondary N) is 3. The smallest absolute Gasteiger partial charge is 0.323 e. The Labute approximate surface area is 132 Å². The summed E-state index contributed by atoms with van der Waals surface area (Å²) in [6.07, 6.45) is 6.55. The molecule has 0 unspecified atom stereocenters. The van der Waals surface area contributed by atoms with Crippen molar-refractivity contribution < 1.29 is 4.79 Å². The van der Waals surface area contributed by atoms with Crippen molar-refractivity contribution in [3.63, 3.8) is 0 Å². The second kappa shape index (κ2) is 6.31. The molecule has 1 amide bonds. The van der Waals surface area contributed by atoms with Crippen LogP contribution in [0.2, 0.25) is 0 Å². The molecular weight excluding hydrogens is 292 g/mol. The van der Waals surface area contributed by atoms with E-state index in [1.165, 1.54) is 6.08 Å². The first kappa shape index (κ1) is 14.8. The lowest BCUT2D eigenvalue weighted by molar-refractivity contribution is -0.117. The van der Waals surface area contributed by atoms with Gasteiger partial charge in [0.1, 0.15) is 0 Å². The number of nitrogens with zero attached hydrogens (tertiary/aromatic N) is 1. The monoisotopic (exact) mass is 308 g/mol. The van der Waals surface area contributed by atoms with Crippen LogP contribution in [0.5, 0.6) is 0 Å². The largest absolute Gasteiger partial charge is 0.346 e. The highest BCUT2D eigenvalue weighted by Crippen LogP contribution is 2.17. The van der Waals surface area contributed by atoms with Crippen molar-refractivity contribution in [2.45, 2.75) is 13.0 Å². The Kier molecular flexibility index (Phi) is 4.05. The zero-order valence-corrected chi connectivity index (χ0v) is 12.5. The molecule has 6 heteroatoms. The van der Waals surface area contributed by atoms with E-state index in [9.17, 15) is 9.59 Å². The number of aromatic nitrogens is 3. The number of fused-ring (bicyclic) bond motifs is 1. The molecule has 23 heavy (non-hydrogen) atoms. The highest BCUT2D eigenvalue weighted by atomic mass is 16.1. The van der Waals surface area contributed by atoms with E-state index in [1.54, 1.807) is 18.5 Å². The fourth-order valence-electron chi connectivity index (χ4n) is 2.31. The van der Waals surface area contributed by atoms with Crippen LogP contribution in [0.25, 0.3) is 17.1 Å². The molecule has 3 aromatic rings. The number of pyridine rings is 1. The van der Waals surface area contributed by atoms with Crippen molar-refractivity contribution >= 4 is 23.0 Å². The molecule has 3 N–H and O–H groups in total. The van der Waals surface area contributed by atoms with Crippen LogP contribution in [-0.4, -0.2) is 20.9 Å². The number of carbonyl (C=O) groups is 1. The number of hydrogen-bond donors (Lipinski definition) is 3. The van der Waals surface area contributed by atoms with Crippen LogP contribution in [0.15, 0.2) is 53.6 Å². The van der Waals surface area contributed by atoms with Crippen molar-refractivity contribution in [1.82, 2.24) is 20.3 Å². The third-order valence-corrected chi connectivity index (χ3v) is 3.51. The minimum absolute atomic E-state index is 0.177. The highest BCUT2D eigenvalue weighted by Gasteiger charge is 2.09. The Morgan fingerprint density at radius 3 is 2.87 bits per heavy atom. The fourth-order valence-corrected chi connectivity index (χ4v) is 2.31. The summed E-state index contributed by atoms with van der Waals surface area (Å²) in [6, 6.07) is 9.05. The first-order chi connectivity index (χ1) is 11.1. The first-order valence-corrected chi connectivity index (χ1v) is 7.22. The van der Waals surface area contributed by atoms with E-state index in [4.69, 9.17) is 0 Å². The van der Waals surface area contributed by atoms with Gasteiger partial charge in [-0.2, -0.15) is 0 Å². The SMILES string of the molecule is C[C@H](NC(=O)/C=C/c1cccnc1)c1ccc2[nH]c(=O)[nH]c2c1. The Morgan fingerprint density at radius 2 is 2.09 bits per heavy atom. The third-order valence-electron chi connectivity index (χ3n) is 3.51. The summed E-state index contributed by atoms with van der Waals surface area (Å²) in [4.78, 5) is 32.6. The van der Waals surface area contributed by atoms with Gasteiger partial charge in [0.05, 0.1) is 17.1 Å². The van der Waals surface area contributed by atoms with Crippen LogP contribution in [0.4, 0.5) is 0 Å². The summed E-state index contributed by atoms with van der Waals surface area (Å²) in [7, 11) is 0. The van der Waals surface area contributed by atoms with Gasteiger partial charge in [-0.05, 0) is 42.3 Å². The minimum Gasteiger partial charge on any atom is -0.346 e. The lowest BCUT2D eigenvalue weighted by Crippen LogP contribution is -2.24. The number of amides is 1. The molecule has 0 aliphatic heterocycles. The molecule has 0 aliphatic carbocycles. The number of carbonyl (C=O) groups excluding carboxylic acids is 1. The van der Waals surface area contributed by atoms with Gasteiger partial charge in [-0.3, -0.25) is 9.78 Å². The normalized spacial score (nSPS) is 12.6. The average molecular weight is 308 g/mol. The van der Waals surface area contributed by atoms with Gasteiger partial charge in [0.2, 0.25) is 5.91 Å². The number of H-pyrrole nitrogens is 2. The summed E-state index contributed by atoms with van der Waals surface area (Å²) in [5.41, 5.74) is 3.00. The zero-order chi connectivity index (χ0) is 16.2. The molecule has 0 fully saturated rings. The molecule has 2 heterocycles. The molecule has 6 nitrogen and oxygen atoms in total. The summed E-state index contributed by atoms with van der Waals surface area (Å²) in [6.45, 7) is 1.89. The van der Waals surface area contributed by atoms with Gasteiger partial charge in [-0.1, -0.05) is 12.1 Å². The Morgan fingerprint density at radius 1 is 1.26 bits per heavy atom. The van der Waals surface area contributed by atoms with Crippen LogP contribution in [0.1, 0.15) is 24.1 Å². The highest BCUT2D eigenvalue weighted by molar-refractivity contribution is 5.92. The van der Waals surface area contributed by atoms with E-state index >= 15 is 0 Å². The number of rotatable bonds is 4. The second-order valence-electron chi connectivity index (χ2n) is 5.23. The van der Waals surface area contributed by atoms with E-state index in [0.717, 1.165) is 22.2 Å². The molecule has 0 radical (unpaired) electrons. The van der Waals surface area contributed by atoms with Crippen LogP contribution >= 0.6 is 0 Å². The molecule has 0 aliphatic rings. The summed E-state index contributed by atoms with van der Waals surface area (Å²) < 4.78 is 0. The lowest BCUT2D eigenvalue weighted by Gasteiger charge is -2.12. The van der Waals surface area contributed by atoms with Crippen molar-refractivity contribution in [3.8, 4) is 0 Å². The number of benzene rings is 1. The van der Waals surface area contributed by atoms with Crippen LogP contribution in [0, 0.1) is 0 Å². The van der Waals surface area contributed by atoms with Gasteiger partial charge in [0.15, 0.2) is 0 Å². The van der Waals surface area contributed by atoms with Crippen LogP contribution < -0.4 is 11.0 Å². The van der Waals surface area contributed by atoms with E-state index in [1.807, 2.05) is 37.3 Å². The van der Waals surface area contributed by atoms with E-state index < -0.39 is 0 Å². The molecule has 0 spiro atoms. The number of aromatic amines is 2. The maximum absolute atomic E-state index is 12.0. The molecule has 0 saturated carbocycles.